The van der Waals surface area contributed by atoms with E-state index < -0.39 is 0 Å². The molecule has 12 heavy (non-hydrogen) atoms. The summed E-state index contributed by atoms with van der Waals surface area (Å²) in [5.74, 6) is -0.303. The van der Waals surface area contributed by atoms with Crippen molar-refractivity contribution in [2.75, 3.05) is 20.2 Å². The van der Waals surface area contributed by atoms with Crippen LogP contribution in [0.2, 0.25) is 0 Å². The second-order valence-electron chi connectivity index (χ2n) is 2.14. The normalized spacial score (nSPS) is 12.2. The highest BCUT2D eigenvalue weighted by molar-refractivity contribution is 9.10. The minimum Gasteiger partial charge on any atom is -0.468 e. The molecule has 0 aliphatic rings. The standard InChI is InChI=1S/C7H11BrClNO2/c1-5(9)3-10-4-6(8)7(11)12-2/h6,10H,1,3-4H2,2H3. The number of hydrogen-bond donors (Lipinski definition) is 1. The molecule has 0 radical (unpaired) electrons. The Balaban J connectivity index is 3.50. The molecule has 0 spiro atoms. The van der Waals surface area contributed by atoms with Crippen LogP contribution >= 0.6 is 27.5 Å². The Hall–Kier alpha value is -0.0600. The fourth-order valence-corrected chi connectivity index (χ4v) is 1.06. The van der Waals surface area contributed by atoms with Crippen LogP contribution in [0.15, 0.2) is 11.6 Å². The lowest BCUT2D eigenvalue weighted by atomic mass is 10.4. The van der Waals surface area contributed by atoms with Gasteiger partial charge in [-0.15, -0.1) is 0 Å². The third-order valence-electron chi connectivity index (χ3n) is 1.10. The summed E-state index contributed by atoms with van der Waals surface area (Å²) in [5.41, 5.74) is 0. The van der Waals surface area contributed by atoms with Crippen molar-refractivity contribution in [2.45, 2.75) is 4.83 Å². The summed E-state index contributed by atoms with van der Waals surface area (Å²) in [6, 6.07) is 0. The van der Waals surface area contributed by atoms with Gasteiger partial charge in [0.15, 0.2) is 0 Å². The highest BCUT2D eigenvalue weighted by Gasteiger charge is 2.13. The first-order valence-electron chi connectivity index (χ1n) is 3.33. The predicted molar refractivity (Wildman–Crippen MR) is 52.6 cm³/mol. The van der Waals surface area contributed by atoms with E-state index in [1.807, 2.05) is 0 Å². The van der Waals surface area contributed by atoms with E-state index in [0.717, 1.165) is 0 Å². The highest BCUT2D eigenvalue weighted by atomic mass is 79.9. The van der Waals surface area contributed by atoms with Gasteiger partial charge in [0, 0.05) is 18.1 Å². The molecule has 0 rings (SSSR count). The molecule has 0 bridgehead atoms. The van der Waals surface area contributed by atoms with E-state index in [-0.39, 0.29) is 10.8 Å². The van der Waals surface area contributed by atoms with Gasteiger partial charge < -0.3 is 10.1 Å². The maximum Gasteiger partial charge on any atom is 0.320 e. The summed E-state index contributed by atoms with van der Waals surface area (Å²) in [6.07, 6.45) is 0. The van der Waals surface area contributed by atoms with Crippen LogP contribution in [0.5, 0.6) is 0 Å². The molecule has 1 N–H and O–H groups in total. The van der Waals surface area contributed by atoms with Crippen LogP contribution in [0.3, 0.4) is 0 Å². The molecule has 5 heteroatoms. The molecule has 70 valence electrons. The number of methoxy groups -OCH3 is 1. The van der Waals surface area contributed by atoms with Crippen LogP contribution in [0.1, 0.15) is 0 Å². The Labute approximate surface area is 85.2 Å². The average molecular weight is 257 g/mol. The Morgan fingerprint density at radius 1 is 1.83 bits per heavy atom. The maximum absolute atomic E-state index is 10.8. The number of ether oxygens (including phenoxy) is 1. The van der Waals surface area contributed by atoms with Gasteiger partial charge in [-0.2, -0.15) is 0 Å². The van der Waals surface area contributed by atoms with Crippen molar-refractivity contribution in [3.8, 4) is 0 Å². The third-order valence-corrected chi connectivity index (χ3v) is 1.93. The Morgan fingerprint density at radius 3 is 2.83 bits per heavy atom. The van der Waals surface area contributed by atoms with Crippen LogP contribution in [0, 0.1) is 0 Å². The van der Waals surface area contributed by atoms with Gasteiger partial charge in [-0.05, 0) is 0 Å². The first-order chi connectivity index (χ1) is 5.57. The summed E-state index contributed by atoms with van der Waals surface area (Å²) in [5, 5.41) is 3.43. The van der Waals surface area contributed by atoms with Crippen molar-refractivity contribution in [2.24, 2.45) is 0 Å². The quantitative estimate of drug-likeness (QED) is 0.595. The molecule has 0 amide bonds. The zero-order valence-corrected chi connectivity index (χ0v) is 9.11. The van der Waals surface area contributed by atoms with E-state index in [4.69, 9.17) is 11.6 Å². The molecule has 1 atom stereocenters. The molecule has 0 aliphatic heterocycles. The lowest BCUT2D eigenvalue weighted by Crippen LogP contribution is -2.30. The SMILES string of the molecule is C=C(Cl)CNCC(Br)C(=O)OC. The number of halogens is 2. The smallest absolute Gasteiger partial charge is 0.320 e. The van der Waals surface area contributed by atoms with Crippen LogP contribution in [-0.2, 0) is 9.53 Å². The molecule has 1 unspecified atom stereocenters. The summed E-state index contributed by atoms with van der Waals surface area (Å²) in [4.78, 5) is 10.5. The second kappa shape index (κ2) is 6.46. The minimum atomic E-state index is -0.335. The zero-order chi connectivity index (χ0) is 9.56. The maximum atomic E-state index is 10.8. The fourth-order valence-electron chi connectivity index (χ4n) is 0.546. The van der Waals surface area contributed by atoms with E-state index in [0.29, 0.717) is 18.1 Å². The van der Waals surface area contributed by atoms with Crippen molar-refractivity contribution < 1.29 is 9.53 Å². The highest BCUT2D eigenvalue weighted by Crippen LogP contribution is 2.00. The molecule has 0 fully saturated rings. The summed E-state index contributed by atoms with van der Waals surface area (Å²) in [6.45, 7) is 4.45. The fraction of sp³-hybridized carbons (Fsp3) is 0.571. The number of esters is 1. The molecule has 0 aromatic carbocycles. The number of hydrogen-bond acceptors (Lipinski definition) is 3. The molecule has 0 heterocycles. The van der Waals surface area contributed by atoms with Crippen molar-refractivity contribution in [1.82, 2.24) is 5.32 Å². The van der Waals surface area contributed by atoms with Gasteiger partial charge >= 0.3 is 5.97 Å². The van der Waals surface area contributed by atoms with Crippen molar-refractivity contribution in [3.63, 3.8) is 0 Å². The summed E-state index contributed by atoms with van der Waals surface area (Å²) in [7, 11) is 1.34. The van der Waals surface area contributed by atoms with E-state index in [2.05, 4.69) is 32.6 Å². The zero-order valence-electron chi connectivity index (χ0n) is 6.77. The van der Waals surface area contributed by atoms with Gasteiger partial charge in [-0.25, -0.2) is 0 Å². The van der Waals surface area contributed by atoms with E-state index in [1.54, 1.807) is 0 Å². The predicted octanol–water partition coefficient (Wildman–Crippen LogP) is 1.27. The molecule has 3 nitrogen and oxygen atoms in total. The number of alkyl halides is 1. The summed E-state index contributed by atoms with van der Waals surface area (Å²) < 4.78 is 4.49. The number of carbonyl (C=O) groups is 1. The topological polar surface area (TPSA) is 38.3 Å². The van der Waals surface area contributed by atoms with E-state index in [9.17, 15) is 4.79 Å². The first-order valence-corrected chi connectivity index (χ1v) is 4.63. The lowest BCUT2D eigenvalue weighted by molar-refractivity contribution is -0.139. The van der Waals surface area contributed by atoms with Gasteiger partial charge in [-0.1, -0.05) is 34.1 Å². The Morgan fingerprint density at radius 2 is 2.42 bits per heavy atom. The molecule has 0 saturated heterocycles. The number of carbonyl (C=O) groups excluding carboxylic acids is 1. The van der Waals surface area contributed by atoms with Crippen LogP contribution in [0.25, 0.3) is 0 Å². The number of nitrogens with one attached hydrogen (secondary N) is 1. The second-order valence-corrected chi connectivity index (χ2v) is 3.78. The van der Waals surface area contributed by atoms with Gasteiger partial charge in [-0.3, -0.25) is 4.79 Å². The van der Waals surface area contributed by atoms with Gasteiger partial charge in [0.2, 0.25) is 0 Å². The van der Waals surface area contributed by atoms with E-state index >= 15 is 0 Å². The van der Waals surface area contributed by atoms with Crippen LogP contribution in [-0.4, -0.2) is 31.0 Å². The molecular formula is C7H11BrClNO2. The molecule has 0 saturated carbocycles. The van der Waals surface area contributed by atoms with Crippen LogP contribution in [0.4, 0.5) is 0 Å². The number of rotatable bonds is 5. The molecule has 0 aromatic heterocycles. The largest absolute Gasteiger partial charge is 0.468 e. The molecule has 0 aromatic rings. The third kappa shape index (κ3) is 5.57. The van der Waals surface area contributed by atoms with Gasteiger partial charge in [0.05, 0.1) is 7.11 Å². The van der Waals surface area contributed by atoms with Crippen LogP contribution < -0.4 is 5.32 Å². The van der Waals surface area contributed by atoms with Gasteiger partial charge in [0.25, 0.3) is 0 Å². The summed E-state index contributed by atoms with van der Waals surface area (Å²) >= 11 is 8.63. The molecule has 0 aliphatic carbocycles. The monoisotopic (exact) mass is 255 g/mol. The first kappa shape index (κ1) is 11.9. The lowest BCUT2D eigenvalue weighted by Gasteiger charge is -2.07. The Bertz CT molecular complexity index is 175. The molecular weight excluding hydrogens is 245 g/mol. The average Bonchev–Trinajstić information content (AvgIpc) is 2.02. The van der Waals surface area contributed by atoms with E-state index in [1.165, 1.54) is 7.11 Å². The van der Waals surface area contributed by atoms with Crippen molar-refractivity contribution in [3.05, 3.63) is 11.6 Å². The van der Waals surface area contributed by atoms with Gasteiger partial charge in [0.1, 0.15) is 4.83 Å². The minimum absolute atomic E-state index is 0.303. The Kier molecular flexibility index (Phi) is 6.42. The van der Waals surface area contributed by atoms with Crippen molar-refractivity contribution in [1.29, 1.82) is 0 Å². The van der Waals surface area contributed by atoms with Crippen molar-refractivity contribution >= 4 is 33.5 Å².